The van der Waals surface area contributed by atoms with E-state index in [2.05, 4.69) is 32.2 Å². The van der Waals surface area contributed by atoms with Crippen LogP contribution in [0.3, 0.4) is 0 Å². The number of methoxy groups -OCH3 is 2. The van der Waals surface area contributed by atoms with Gasteiger partial charge in [-0.2, -0.15) is 0 Å². The van der Waals surface area contributed by atoms with Crippen molar-refractivity contribution in [3.05, 3.63) is 107 Å². The van der Waals surface area contributed by atoms with Crippen LogP contribution in [0.25, 0.3) is 0 Å². The van der Waals surface area contributed by atoms with E-state index >= 15 is 0 Å². The summed E-state index contributed by atoms with van der Waals surface area (Å²) in [5.41, 5.74) is 3.44. The molecule has 0 aromatic heterocycles. The standard InChI is InChI=1S/C64H88N2O10/c1-6-7-8-9-10-15-21-46-40-49-41-52(34-38-63(49,3)55-35-37-62(2)36-18-22-54(62)60(46)55)76-61(71)65-39-17-12-16-23-57(67)66-43-53(75-59(70)33-32-58(68)69)42-56(66)64(47-24-28-50(72-4)29-25-47,48-26-30-51(73-5)31-27-48)74-44-45-19-13-11-14-20-45/h11,13-14,19-20,24-31,40,46,52-56,60H,6-10,12,15-18,21-23,32-39,41-44H2,1-5H3,(H,65,71)(H,68,69). The molecule has 0 spiro atoms. The zero-order valence-corrected chi connectivity index (χ0v) is 46.4. The minimum Gasteiger partial charge on any atom is -0.497 e. The number of aliphatic carboxylic acids is 1. The molecule has 9 atom stereocenters. The number of nitrogens with one attached hydrogen (secondary N) is 1. The number of benzene rings is 3. The number of carbonyl (C=O) groups excluding carboxylic acids is 3. The number of hydrogen-bond donors (Lipinski definition) is 2. The maximum atomic E-state index is 14.8. The number of likely N-dealkylation sites (tertiary alicyclic amines) is 1. The van der Waals surface area contributed by atoms with Gasteiger partial charge in [0.1, 0.15) is 29.3 Å². The Morgan fingerprint density at radius 3 is 2.09 bits per heavy atom. The van der Waals surface area contributed by atoms with Crippen LogP contribution in [-0.4, -0.2) is 79.5 Å². The van der Waals surface area contributed by atoms with Crippen LogP contribution in [0.2, 0.25) is 0 Å². The van der Waals surface area contributed by atoms with Gasteiger partial charge < -0.3 is 39.0 Å². The van der Waals surface area contributed by atoms with E-state index in [1.807, 2.05) is 78.9 Å². The monoisotopic (exact) mass is 1040 g/mol. The lowest BCUT2D eigenvalue weighted by atomic mass is 9.45. The van der Waals surface area contributed by atoms with Crippen LogP contribution in [0, 0.1) is 34.5 Å². The first-order valence-electron chi connectivity index (χ1n) is 29.1. The second-order valence-electron chi connectivity index (χ2n) is 23.5. The normalized spacial score (nSPS) is 26.8. The number of esters is 1. The fourth-order valence-electron chi connectivity index (χ4n) is 14.7. The first-order chi connectivity index (χ1) is 36.8. The predicted molar refractivity (Wildman–Crippen MR) is 295 cm³/mol. The van der Waals surface area contributed by atoms with Gasteiger partial charge in [-0.25, -0.2) is 4.79 Å². The Labute approximate surface area is 453 Å². The summed E-state index contributed by atoms with van der Waals surface area (Å²) < 4.78 is 30.5. The number of ether oxygens (including phenoxy) is 5. The van der Waals surface area contributed by atoms with Crippen molar-refractivity contribution in [3.8, 4) is 11.5 Å². The molecule has 3 aromatic carbocycles. The van der Waals surface area contributed by atoms with Gasteiger partial charge in [-0.3, -0.25) is 14.4 Å². The van der Waals surface area contributed by atoms with Gasteiger partial charge in [-0.15, -0.1) is 0 Å². The summed E-state index contributed by atoms with van der Waals surface area (Å²) in [5.74, 6) is 2.43. The van der Waals surface area contributed by atoms with Crippen LogP contribution >= 0.6 is 0 Å². The first kappa shape index (κ1) is 56.8. The Morgan fingerprint density at radius 2 is 1.41 bits per heavy atom. The number of nitrogens with zero attached hydrogens (tertiary/aromatic N) is 1. The molecule has 414 valence electrons. The van der Waals surface area contributed by atoms with E-state index in [0.717, 1.165) is 53.7 Å². The molecule has 9 unspecified atom stereocenters. The average molecular weight is 1050 g/mol. The number of alkyl carbamates (subject to hydrolysis) is 1. The van der Waals surface area contributed by atoms with E-state index in [4.69, 9.17) is 23.7 Å². The third-order valence-corrected chi connectivity index (χ3v) is 18.8. The summed E-state index contributed by atoms with van der Waals surface area (Å²) in [6, 6.07) is 24.5. The van der Waals surface area contributed by atoms with Crippen LogP contribution in [0.4, 0.5) is 4.79 Å². The van der Waals surface area contributed by atoms with Crippen LogP contribution in [0.1, 0.15) is 179 Å². The fraction of sp³-hybridized carbons (Fsp3) is 0.625. The SMILES string of the molecule is CCCCCCCCC1C=C2CC(OC(=O)NCCCCCC(=O)N3CC(OC(=O)CCC(=O)O)CC3C(OCc3ccccc3)(c3ccc(OC)cc3)c3ccc(OC)cc3)CCC2(C)C2CCC3(C)CCCC3C12. The molecule has 1 saturated heterocycles. The first-order valence-corrected chi connectivity index (χ1v) is 29.1. The molecule has 12 nitrogen and oxygen atoms in total. The molecule has 2 N–H and O–H groups in total. The lowest BCUT2D eigenvalue weighted by molar-refractivity contribution is -0.152. The van der Waals surface area contributed by atoms with Crippen molar-refractivity contribution in [2.45, 2.75) is 192 Å². The zero-order valence-electron chi connectivity index (χ0n) is 46.4. The van der Waals surface area contributed by atoms with Crippen LogP contribution < -0.4 is 14.8 Å². The van der Waals surface area contributed by atoms with Gasteiger partial charge in [0, 0.05) is 25.8 Å². The van der Waals surface area contributed by atoms with Crippen LogP contribution in [0.15, 0.2) is 90.5 Å². The number of amides is 2. The van der Waals surface area contributed by atoms with Crippen molar-refractivity contribution < 1.29 is 48.0 Å². The molecule has 8 rings (SSSR count). The highest BCUT2D eigenvalue weighted by Gasteiger charge is 2.58. The molecule has 5 aliphatic rings. The molecule has 1 heterocycles. The minimum atomic E-state index is -1.27. The van der Waals surface area contributed by atoms with Gasteiger partial charge in [-0.1, -0.05) is 138 Å². The number of hydrogen-bond acceptors (Lipinski definition) is 9. The Bertz CT molecular complexity index is 2360. The summed E-state index contributed by atoms with van der Waals surface area (Å²) >= 11 is 0. The van der Waals surface area contributed by atoms with Gasteiger partial charge in [0.05, 0.1) is 46.3 Å². The summed E-state index contributed by atoms with van der Waals surface area (Å²) in [6.45, 7) is 8.20. The molecule has 1 aliphatic heterocycles. The van der Waals surface area contributed by atoms with Gasteiger partial charge >= 0.3 is 18.0 Å². The van der Waals surface area contributed by atoms with Gasteiger partial charge in [0.15, 0.2) is 0 Å². The smallest absolute Gasteiger partial charge is 0.407 e. The number of allylic oxidation sites excluding steroid dienone is 1. The van der Waals surface area contributed by atoms with Crippen LogP contribution in [-0.2, 0) is 40.8 Å². The van der Waals surface area contributed by atoms with Gasteiger partial charge in [0.2, 0.25) is 5.91 Å². The Hall–Kier alpha value is -5.36. The largest absolute Gasteiger partial charge is 0.497 e. The molecule has 0 radical (unpaired) electrons. The zero-order chi connectivity index (χ0) is 53.7. The van der Waals surface area contributed by atoms with E-state index in [1.165, 1.54) is 77.0 Å². The maximum absolute atomic E-state index is 14.8. The molecule has 4 aliphatic carbocycles. The van der Waals surface area contributed by atoms with Crippen molar-refractivity contribution in [2.24, 2.45) is 34.5 Å². The van der Waals surface area contributed by atoms with Gasteiger partial charge in [0.25, 0.3) is 0 Å². The lowest BCUT2D eigenvalue weighted by Gasteiger charge is -2.59. The van der Waals surface area contributed by atoms with Crippen molar-refractivity contribution in [2.75, 3.05) is 27.3 Å². The molecule has 4 fully saturated rings. The van der Waals surface area contributed by atoms with E-state index in [1.54, 1.807) is 24.7 Å². The summed E-state index contributed by atoms with van der Waals surface area (Å²) in [7, 11) is 3.22. The average Bonchev–Trinajstić information content (AvgIpc) is 4.11. The molecule has 3 saturated carbocycles. The summed E-state index contributed by atoms with van der Waals surface area (Å²) in [6.07, 6.45) is 22.2. The van der Waals surface area contributed by atoms with Crippen molar-refractivity contribution in [1.29, 1.82) is 0 Å². The van der Waals surface area contributed by atoms with Crippen LogP contribution in [0.5, 0.6) is 11.5 Å². The Kier molecular flexibility index (Phi) is 19.7. The second kappa shape index (κ2) is 26.3. The maximum Gasteiger partial charge on any atom is 0.407 e. The number of carboxylic acids is 1. The molecule has 0 bridgehead atoms. The predicted octanol–water partition coefficient (Wildman–Crippen LogP) is 13.5. The third-order valence-electron chi connectivity index (χ3n) is 18.8. The minimum absolute atomic E-state index is 0.108. The molecule has 12 heteroatoms. The quantitative estimate of drug-likeness (QED) is 0.0452. The highest BCUT2D eigenvalue weighted by molar-refractivity contribution is 5.78. The van der Waals surface area contributed by atoms with E-state index in [0.29, 0.717) is 48.6 Å². The summed E-state index contributed by atoms with van der Waals surface area (Å²) in [5, 5.41) is 12.4. The summed E-state index contributed by atoms with van der Waals surface area (Å²) in [4.78, 5) is 54.5. The van der Waals surface area contributed by atoms with E-state index in [9.17, 15) is 24.3 Å². The second-order valence-corrected chi connectivity index (χ2v) is 23.5. The highest BCUT2D eigenvalue weighted by Crippen LogP contribution is 2.66. The molecular weight excluding hydrogens is 957 g/mol. The number of fused-ring (bicyclic) bond motifs is 5. The highest BCUT2D eigenvalue weighted by atomic mass is 16.6. The van der Waals surface area contributed by atoms with Gasteiger partial charge in [-0.05, 0) is 133 Å². The van der Waals surface area contributed by atoms with Crippen molar-refractivity contribution in [1.82, 2.24) is 10.2 Å². The Balaban J connectivity index is 0.914. The molecule has 2 amide bonds. The van der Waals surface area contributed by atoms with E-state index < -0.39 is 29.7 Å². The Morgan fingerprint density at radius 1 is 0.724 bits per heavy atom. The third kappa shape index (κ3) is 13.3. The molecular formula is C64H88N2O10. The van der Waals surface area contributed by atoms with Crippen molar-refractivity contribution >= 4 is 23.9 Å². The van der Waals surface area contributed by atoms with Crippen molar-refractivity contribution in [3.63, 3.8) is 0 Å². The van der Waals surface area contributed by atoms with E-state index in [-0.39, 0.29) is 62.4 Å². The number of rotatable bonds is 26. The molecule has 76 heavy (non-hydrogen) atoms. The topological polar surface area (TPSA) is 150 Å². The lowest BCUT2D eigenvalue weighted by Crippen LogP contribution is -2.52. The number of carbonyl (C=O) groups is 4. The molecule has 3 aromatic rings. The number of unbranched alkanes of at least 4 members (excludes halogenated alkanes) is 7. The number of carboxylic acid groups (broad SMARTS) is 1. The fourth-order valence-corrected chi connectivity index (χ4v) is 14.7.